The Balaban J connectivity index is 2.28. The lowest BCUT2D eigenvalue weighted by atomic mass is 9.95. The number of rotatable bonds is 4. The molecule has 0 spiro atoms. The second-order valence-electron chi connectivity index (χ2n) is 5.14. The molecule has 0 heterocycles. The van der Waals surface area contributed by atoms with E-state index in [1.54, 1.807) is 6.07 Å². The summed E-state index contributed by atoms with van der Waals surface area (Å²) >= 11 is 3.63. The largest absolute Gasteiger partial charge is 0.313 e. The molecule has 20 heavy (non-hydrogen) atoms. The molecule has 0 bridgehead atoms. The minimum atomic E-state index is -0.177. The van der Waals surface area contributed by atoms with E-state index in [0.29, 0.717) is 0 Å². The van der Waals surface area contributed by atoms with Crippen LogP contribution in [0, 0.1) is 19.7 Å². The Morgan fingerprint density at radius 2 is 1.90 bits per heavy atom. The van der Waals surface area contributed by atoms with Gasteiger partial charge in [-0.05, 0) is 67.8 Å². The third-order valence-corrected chi connectivity index (χ3v) is 4.30. The first-order valence-corrected chi connectivity index (χ1v) is 7.49. The van der Waals surface area contributed by atoms with Gasteiger partial charge in [-0.1, -0.05) is 34.1 Å². The van der Waals surface area contributed by atoms with E-state index in [2.05, 4.69) is 46.4 Å². The summed E-state index contributed by atoms with van der Waals surface area (Å²) in [5.74, 6) is -0.177. The van der Waals surface area contributed by atoms with Crippen molar-refractivity contribution in [1.82, 2.24) is 5.32 Å². The molecule has 0 aliphatic heterocycles. The average Bonchev–Trinajstić information content (AvgIpc) is 2.39. The van der Waals surface area contributed by atoms with Gasteiger partial charge < -0.3 is 5.32 Å². The van der Waals surface area contributed by atoms with Crippen LogP contribution in [0.15, 0.2) is 40.9 Å². The lowest BCUT2D eigenvalue weighted by molar-refractivity contribution is 0.584. The van der Waals surface area contributed by atoms with Crippen LogP contribution in [0.1, 0.15) is 28.3 Å². The summed E-state index contributed by atoms with van der Waals surface area (Å²) in [6.45, 7) is 4.03. The van der Waals surface area contributed by atoms with Gasteiger partial charge in [-0.2, -0.15) is 0 Å². The zero-order valence-corrected chi connectivity index (χ0v) is 13.6. The molecule has 1 atom stereocenters. The number of halogens is 2. The van der Waals surface area contributed by atoms with Gasteiger partial charge in [0.05, 0.1) is 0 Å². The zero-order valence-electron chi connectivity index (χ0n) is 12.0. The zero-order chi connectivity index (χ0) is 14.7. The van der Waals surface area contributed by atoms with Crippen molar-refractivity contribution in [2.45, 2.75) is 26.3 Å². The Morgan fingerprint density at radius 3 is 2.50 bits per heavy atom. The Bertz CT molecular complexity index is 610. The van der Waals surface area contributed by atoms with Gasteiger partial charge in [-0.3, -0.25) is 0 Å². The first-order valence-electron chi connectivity index (χ1n) is 6.69. The number of hydrogen-bond donors (Lipinski definition) is 1. The lowest BCUT2D eigenvalue weighted by Crippen LogP contribution is -2.19. The van der Waals surface area contributed by atoms with Gasteiger partial charge in [0.1, 0.15) is 5.82 Å². The molecule has 0 saturated carbocycles. The highest BCUT2D eigenvalue weighted by Crippen LogP contribution is 2.28. The Kier molecular flexibility index (Phi) is 4.95. The fraction of sp³-hybridized carbons (Fsp3) is 0.294. The van der Waals surface area contributed by atoms with Crippen LogP contribution in [-0.4, -0.2) is 7.05 Å². The summed E-state index contributed by atoms with van der Waals surface area (Å²) in [6, 6.07) is 11.6. The topological polar surface area (TPSA) is 12.0 Å². The van der Waals surface area contributed by atoms with Crippen LogP contribution in [0.25, 0.3) is 0 Å². The van der Waals surface area contributed by atoms with Crippen LogP contribution < -0.4 is 5.32 Å². The van der Waals surface area contributed by atoms with Gasteiger partial charge in [-0.15, -0.1) is 0 Å². The Labute approximate surface area is 128 Å². The van der Waals surface area contributed by atoms with Crippen LogP contribution in [0.3, 0.4) is 0 Å². The molecule has 0 aromatic heterocycles. The van der Waals surface area contributed by atoms with E-state index in [1.807, 2.05) is 20.0 Å². The number of benzene rings is 2. The van der Waals surface area contributed by atoms with E-state index in [4.69, 9.17) is 0 Å². The summed E-state index contributed by atoms with van der Waals surface area (Å²) in [7, 11) is 1.95. The predicted octanol–water partition coefficient (Wildman–Crippen LogP) is 4.71. The van der Waals surface area contributed by atoms with Crippen molar-refractivity contribution in [2.75, 3.05) is 7.05 Å². The van der Waals surface area contributed by atoms with Gasteiger partial charge in [0.2, 0.25) is 0 Å². The molecule has 106 valence electrons. The standard InChI is InChI=1S/C17H19BrFN/c1-11-4-7-15(16(18)8-11)17(20-3)10-13-5-6-14(19)9-12(13)2/h4-9,17,20H,10H2,1-3H3. The average molecular weight is 336 g/mol. The monoisotopic (exact) mass is 335 g/mol. The van der Waals surface area contributed by atoms with Crippen LogP contribution in [0.4, 0.5) is 4.39 Å². The maximum atomic E-state index is 13.2. The summed E-state index contributed by atoms with van der Waals surface area (Å²) in [4.78, 5) is 0. The van der Waals surface area contributed by atoms with E-state index in [1.165, 1.54) is 22.8 Å². The Morgan fingerprint density at radius 1 is 1.15 bits per heavy atom. The molecular formula is C17H19BrFN. The molecule has 3 heteroatoms. The normalized spacial score (nSPS) is 12.4. The van der Waals surface area contributed by atoms with Crippen LogP contribution in [0.2, 0.25) is 0 Å². The van der Waals surface area contributed by atoms with Crippen molar-refractivity contribution >= 4 is 15.9 Å². The minimum Gasteiger partial charge on any atom is -0.313 e. The fourth-order valence-electron chi connectivity index (χ4n) is 2.39. The number of aryl methyl sites for hydroxylation is 2. The highest BCUT2D eigenvalue weighted by atomic mass is 79.9. The molecule has 0 aliphatic carbocycles. The molecule has 0 fully saturated rings. The molecule has 2 aromatic carbocycles. The molecule has 0 amide bonds. The number of nitrogens with one attached hydrogen (secondary N) is 1. The summed E-state index contributed by atoms with van der Waals surface area (Å²) in [6.07, 6.45) is 0.838. The van der Waals surface area contributed by atoms with Crippen molar-refractivity contribution < 1.29 is 4.39 Å². The van der Waals surface area contributed by atoms with E-state index in [-0.39, 0.29) is 11.9 Å². The van der Waals surface area contributed by atoms with E-state index >= 15 is 0 Å². The van der Waals surface area contributed by atoms with E-state index in [0.717, 1.165) is 16.5 Å². The Hall–Kier alpha value is -1.19. The van der Waals surface area contributed by atoms with Crippen LogP contribution >= 0.6 is 15.9 Å². The molecule has 0 saturated heterocycles. The van der Waals surface area contributed by atoms with E-state index in [9.17, 15) is 4.39 Å². The SMILES string of the molecule is CNC(Cc1ccc(F)cc1C)c1ccc(C)cc1Br. The first-order chi connectivity index (χ1) is 9.51. The maximum absolute atomic E-state index is 13.2. The van der Waals surface area contributed by atoms with Crippen molar-refractivity contribution in [3.8, 4) is 0 Å². The first kappa shape index (κ1) is 15.2. The fourth-order valence-corrected chi connectivity index (χ4v) is 3.16. The lowest BCUT2D eigenvalue weighted by Gasteiger charge is -2.20. The van der Waals surface area contributed by atoms with E-state index < -0.39 is 0 Å². The van der Waals surface area contributed by atoms with Crippen molar-refractivity contribution in [1.29, 1.82) is 0 Å². The van der Waals surface area contributed by atoms with Gasteiger partial charge in [0, 0.05) is 10.5 Å². The van der Waals surface area contributed by atoms with Crippen molar-refractivity contribution in [3.63, 3.8) is 0 Å². The second-order valence-corrected chi connectivity index (χ2v) is 6.00. The number of likely N-dealkylation sites (N-methyl/N-ethyl adjacent to an activating group) is 1. The highest BCUT2D eigenvalue weighted by molar-refractivity contribution is 9.10. The van der Waals surface area contributed by atoms with Gasteiger partial charge in [0.15, 0.2) is 0 Å². The van der Waals surface area contributed by atoms with Crippen molar-refractivity contribution in [2.24, 2.45) is 0 Å². The molecule has 0 radical (unpaired) electrons. The third-order valence-electron chi connectivity index (χ3n) is 3.61. The third kappa shape index (κ3) is 3.47. The van der Waals surface area contributed by atoms with Gasteiger partial charge in [0.25, 0.3) is 0 Å². The quantitative estimate of drug-likeness (QED) is 0.853. The molecule has 1 unspecified atom stereocenters. The summed E-state index contributed by atoms with van der Waals surface area (Å²) in [5, 5.41) is 3.35. The molecule has 1 N–H and O–H groups in total. The minimum absolute atomic E-state index is 0.177. The van der Waals surface area contributed by atoms with Crippen LogP contribution in [-0.2, 0) is 6.42 Å². The maximum Gasteiger partial charge on any atom is 0.123 e. The van der Waals surface area contributed by atoms with Gasteiger partial charge in [-0.25, -0.2) is 4.39 Å². The smallest absolute Gasteiger partial charge is 0.123 e. The summed E-state index contributed by atoms with van der Waals surface area (Å²) < 4.78 is 14.3. The molecule has 1 nitrogen and oxygen atoms in total. The van der Waals surface area contributed by atoms with Crippen LogP contribution in [0.5, 0.6) is 0 Å². The molecule has 2 rings (SSSR count). The van der Waals surface area contributed by atoms with Gasteiger partial charge >= 0.3 is 0 Å². The number of hydrogen-bond acceptors (Lipinski definition) is 1. The molecular weight excluding hydrogens is 317 g/mol. The predicted molar refractivity (Wildman–Crippen MR) is 85.5 cm³/mol. The molecule has 0 aliphatic rings. The van der Waals surface area contributed by atoms with Crippen molar-refractivity contribution in [3.05, 3.63) is 68.9 Å². The highest BCUT2D eigenvalue weighted by Gasteiger charge is 2.14. The second kappa shape index (κ2) is 6.51. The molecule has 2 aromatic rings. The summed E-state index contributed by atoms with van der Waals surface area (Å²) in [5.41, 5.74) is 4.61.